The van der Waals surface area contributed by atoms with Gasteiger partial charge in [-0.15, -0.1) is 0 Å². The van der Waals surface area contributed by atoms with E-state index in [1.165, 1.54) is 0 Å². The van der Waals surface area contributed by atoms with Gasteiger partial charge >= 0.3 is 11.9 Å². The number of hydrogen-bond acceptors (Lipinski definition) is 6. The summed E-state index contributed by atoms with van der Waals surface area (Å²) in [5.74, 6) is -2.33. The molecule has 4 rings (SSSR count). The summed E-state index contributed by atoms with van der Waals surface area (Å²) in [7, 11) is -1.36. The van der Waals surface area contributed by atoms with Crippen molar-refractivity contribution in [2.45, 2.75) is 64.2 Å². The lowest BCUT2D eigenvalue weighted by Gasteiger charge is -2.48. The van der Waals surface area contributed by atoms with E-state index in [0.29, 0.717) is 39.3 Å². The minimum absolute atomic E-state index is 0.153. The number of ether oxygens (including phenoxy) is 3. The molecule has 1 fully saturated rings. The van der Waals surface area contributed by atoms with Crippen molar-refractivity contribution >= 4 is 20.0 Å². The molecule has 1 unspecified atom stereocenters. The predicted molar refractivity (Wildman–Crippen MR) is 130 cm³/mol. The number of esters is 2. The highest BCUT2D eigenvalue weighted by Gasteiger charge is 2.56. The van der Waals surface area contributed by atoms with Crippen LogP contribution in [-0.4, -0.2) is 51.5 Å². The fraction of sp³-hybridized carbons (Fsp3) is 0.615. The Balaban J connectivity index is 2.00. The smallest absolute Gasteiger partial charge is 0.310 e. The van der Waals surface area contributed by atoms with Gasteiger partial charge in [0.2, 0.25) is 0 Å². The van der Waals surface area contributed by atoms with Crippen LogP contribution < -0.4 is 0 Å². The molecule has 1 aromatic rings. The largest absolute Gasteiger partial charge is 0.508 e. The molecule has 0 radical (unpaired) electrons. The summed E-state index contributed by atoms with van der Waals surface area (Å²) in [4.78, 5) is 26.7. The van der Waals surface area contributed by atoms with E-state index < -0.39 is 19.9 Å². The lowest BCUT2D eigenvalue weighted by molar-refractivity contribution is -0.164. The fourth-order valence-electron chi connectivity index (χ4n) is 5.00. The van der Waals surface area contributed by atoms with Crippen LogP contribution in [0.1, 0.15) is 49.7 Å². The third-order valence-electron chi connectivity index (χ3n) is 6.60. The molecule has 7 heteroatoms. The zero-order valence-electron chi connectivity index (χ0n) is 20.6. The van der Waals surface area contributed by atoms with Gasteiger partial charge in [0.15, 0.2) is 0 Å². The first kappa shape index (κ1) is 25.5. The molecule has 1 N–H and O–H groups in total. The van der Waals surface area contributed by atoms with Gasteiger partial charge in [0.25, 0.3) is 0 Å². The zero-order valence-corrected chi connectivity index (χ0v) is 21.6. The first-order valence-corrected chi connectivity index (χ1v) is 15.8. The quantitative estimate of drug-likeness (QED) is 0.222. The fourth-order valence-corrected chi connectivity index (χ4v) is 5.72. The SMILES string of the molecule is CCCOC(=O)[C@H]1[C@H](C(=O)OCC[Si](C)(C)C)C2C/C(=C/COCC)[C@H]1c1cc(O)ccc12. The summed E-state index contributed by atoms with van der Waals surface area (Å²) in [6, 6.07) is 6.15. The van der Waals surface area contributed by atoms with Crippen molar-refractivity contribution in [3.8, 4) is 5.75 Å². The number of carbonyl (C=O) groups is 2. The molecule has 33 heavy (non-hydrogen) atoms. The normalized spacial score (nSPS) is 25.1. The van der Waals surface area contributed by atoms with Crippen molar-refractivity contribution in [3.05, 3.63) is 41.0 Å². The Labute approximate surface area is 198 Å². The Morgan fingerprint density at radius 2 is 1.76 bits per heavy atom. The molecule has 0 saturated heterocycles. The summed E-state index contributed by atoms with van der Waals surface area (Å²) in [5.41, 5.74) is 2.98. The van der Waals surface area contributed by atoms with Gasteiger partial charge < -0.3 is 19.3 Å². The van der Waals surface area contributed by atoms with Gasteiger partial charge in [-0.25, -0.2) is 0 Å². The summed E-state index contributed by atoms with van der Waals surface area (Å²) in [6.45, 7) is 12.4. The maximum Gasteiger partial charge on any atom is 0.310 e. The molecule has 1 saturated carbocycles. The lowest BCUT2D eigenvalue weighted by Crippen LogP contribution is -2.48. The molecule has 1 aromatic carbocycles. The number of fused-ring (bicyclic) bond motifs is 2. The summed E-state index contributed by atoms with van der Waals surface area (Å²) < 4.78 is 16.9. The minimum Gasteiger partial charge on any atom is -0.508 e. The third kappa shape index (κ3) is 5.87. The van der Waals surface area contributed by atoms with Crippen LogP contribution in [0.25, 0.3) is 0 Å². The molecule has 0 aromatic heterocycles. The highest BCUT2D eigenvalue weighted by molar-refractivity contribution is 6.76. The van der Waals surface area contributed by atoms with Crippen LogP contribution in [0.5, 0.6) is 5.75 Å². The Hall–Kier alpha value is -2.12. The van der Waals surface area contributed by atoms with Gasteiger partial charge in [-0.2, -0.15) is 0 Å². The maximum absolute atomic E-state index is 13.4. The van der Waals surface area contributed by atoms with E-state index in [1.807, 2.05) is 26.0 Å². The molecule has 3 aliphatic carbocycles. The number of carbonyl (C=O) groups excluding carboxylic acids is 2. The van der Waals surface area contributed by atoms with Crippen LogP contribution in [-0.2, 0) is 23.8 Å². The monoisotopic (exact) mass is 474 g/mol. The molecule has 6 nitrogen and oxygen atoms in total. The summed E-state index contributed by atoms with van der Waals surface area (Å²) >= 11 is 0. The summed E-state index contributed by atoms with van der Waals surface area (Å²) in [6.07, 6.45) is 3.41. The van der Waals surface area contributed by atoms with E-state index in [0.717, 1.165) is 22.7 Å². The van der Waals surface area contributed by atoms with Crippen molar-refractivity contribution in [2.24, 2.45) is 11.8 Å². The first-order valence-electron chi connectivity index (χ1n) is 12.1. The van der Waals surface area contributed by atoms with E-state index in [9.17, 15) is 14.7 Å². The van der Waals surface area contributed by atoms with Gasteiger partial charge in [0.05, 0.1) is 31.7 Å². The van der Waals surface area contributed by atoms with Crippen LogP contribution in [0, 0.1) is 11.8 Å². The molecule has 0 spiro atoms. The van der Waals surface area contributed by atoms with Crippen LogP contribution in [0.15, 0.2) is 29.8 Å². The van der Waals surface area contributed by atoms with E-state index >= 15 is 0 Å². The second-order valence-electron chi connectivity index (χ2n) is 10.2. The van der Waals surface area contributed by atoms with Crippen LogP contribution in [0.4, 0.5) is 0 Å². The zero-order chi connectivity index (χ0) is 24.2. The first-order chi connectivity index (χ1) is 15.7. The Kier molecular flexibility index (Phi) is 8.40. The maximum atomic E-state index is 13.4. The number of allylic oxidation sites excluding steroid dienone is 1. The number of aromatic hydroxyl groups is 1. The van der Waals surface area contributed by atoms with Gasteiger partial charge in [0, 0.05) is 26.5 Å². The number of phenols is 1. The van der Waals surface area contributed by atoms with Crippen molar-refractivity contribution in [1.29, 1.82) is 0 Å². The highest BCUT2D eigenvalue weighted by Crippen LogP contribution is 2.59. The van der Waals surface area contributed by atoms with E-state index in [2.05, 4.69) is 19.6 Å². The Morgan fingerprint density at radius 1 is 1.06 bits per heavy atom. The third-order valence-corrected chi connectivity index (χ3v) is 8.30. The average molecular weight is 475 g/mol. The van der Waals surface area contributed by atoms with Crippen molar-refractivity contribution in [2.75, 3.05) is 26.4 Å². The molecular weight excluding hydrogens is 436 g/mol. The number of benzene rings is 1. The molecule has 2 bridgehead atoms. The highest BCUT2D eigenvalue weighted by atomic mass is 28.3. The average Bonchev–Trinajstić information content (AvgIpc) is 2.76. The molecule has 182 valence electrons. The lowest BCUT2D eigenvalue weighted by atomic mass is 9.54. The van der Waals surface area contributed by atoms with Gasteiger partial charge in [0.1, 0.15) is 5.75 Å². The van der Waals surface area contributed by atoms with E-state index in [-0.39, 0.29) is 29.5 Å². The topological polar surface area (TPSA) is 82.1 Å². The number of hydrogen-bond donors (Lipinski definition) is 1. The van der Waals surface area contributed by atoms with Crippen LogP contribution in [0.2, 0.25) is 25.7 Å². The molecule has 0 aliphatic heterocycles. The molecular formula is C26H38O6Si. The van der Waals surface area contributed by atoms with Gasteiger partial charge in [-0.1, -0.05) is 44.3 Å². The number of phenolic OH excluding ortho intramolecular Hbond substituents is 1. The Bertz CT molecular complexity index is 887. The van der Waals surface area contributed by atoms with Crippen LogP contribution in [0.3, 0.4) is 0 Å². The van der Waals surface area contributed by atoms with Crippen molar-refractivity contribution < 1.29 is 28.9 Å². The van der Waals surface area contributed by atoms with E-state index in [1.54, 1.807) is 12.1 Å². The number of rotatable bonds is 10. The van der Waals surface area contributed by atoms with Crippen molar-refractivity contribution in [1.82, 2.24) is 0 Å². The molecule has 3 aliphatic rings. The van der Waals surface area contributed by atoms with E-state index in [4.69, 9.17) is 14.2 Å². The standard InChI is InChI=1S/C26H38O6Si/c1-6-11-31-26(29)24-22-17(10-12-30-7-2)15-20(19-9-8-18(27)16-21(19)22)23(24)25(28)32-13-14-33(3,4)5/h8-10,16,20,22-24,27H,6-7,11-15H2,1-5H3/b17-10-/t20?,22-,23+,24+/m0/s1. The van der Waals surface area contributed by atoms with Gasteiger partial charge in [-0.3, -0.25) is 9.59 Å². The van der Waals surface area contributed by atoms with Crippen LogP contribution >= 0.6 is 0 Å². The van der Waals surface area contributed by atoms with Crippen molar-refractivity contribution in [3.63, 3.8) is 0 Å². The molecule has 0 heterocycles. The predicted octanol–water partition coefficient (Wildman–Crippen LogP) is 5.01. The Morgan fingerprint density at radius 3 is 2.42 bits per heavy atom. The summed E-state index contributed by atoms with van der Waals surface area (Å²) in [5, 5.41) is 10.2. The molecule has 4 atom stereocenters. The second-order valence-corrected chi connectivity index (χ2v) is 15.9. The minimum atomic E-state index is -1.36. The van der Waals surface area contributed by atoms with Gasteiger partial charge in [-0.05, 0) is 49.1 Å². The molecule has 0 amide bonds. The second kappa shape index (κ2) is 10.9.